The minimum atomic E-state index is 0. The fraction of sp³-hybridized carbons (Fsp3) is 0.316. The van der Waals surface area contributed by atoms with E-state index in [4.69, 9.17) is 4.74 Å². The zero-order chi connectivity index (χ0) is 16.2. The number of amides is 1. The molecule has 128 valence electrons. The highest BCUT2D eigenvalue weighted by Crippen LogP contribution is 2.24. The second kappa shape index (κ2) is 8.06. The Labute approximate surface area is 149 Å². The molecule has 24 heavy (non-hydrogen) atoms. The van der Waals surface area contributed by atoms with Crippen LogP contribution in [0.4, 0.5) is 5.69 Å². The molecule has 0 fully saturated rings. The Morgan fingerprint density at radius 1 is 1.25 bits per heavy atom. The van der Waals surface area contributed by atoms with Gasteiger partial charge >= 0.3 is 0 Å². The van der Waals surface area contributed by atoms with E-state index < -0.39 is 0 Å². The van der Waals surface area contributed by atoms with Crippen LogP contribution in [0.15, 0.2) is 42.5 Å². The van der Waals surface area contributed by atoms with E-state index >= 15 is 0 Å². The third kappa shape index (κ3) is 3.82. The third-order valence-corrected chi connectivity index (χ3v) is 4.09. The molecule has 1 amide bonds. The first-order chi connectivity index (χ1) is 11.2. The first-order valence-corrected chi connectivity index (χ1v) is 8.02. The van der Waals surface area contributed by atoms with E-state index in [9.17, 15) is 4.79 Å². The highest BCUT2D eigenvalue weighted by atomic mass is 35.5. The van der Waals surface area contributed by atoms with Crippen LogP contribution >= 0.6 is 12.4 Å². The molecule has 1 aliphatic rings. The van der Waals surface area contributed by atoms with Gasteiger partial charge in [0.2, 0.25) is 0 Å². The Morgan fingerprint density at radius 2 is 2.04 bits per heavy atom. The summed E-state index contributed by atoms with van der Waals surface area (Å²) >= 11 is 0. The summed E-state index contributed by atoms with van der Waals surface area (Å²) in [4.78, 5) is 14.4. The van der Waals surface area contributed by atoms with Crippen LogP contribution in [-0.4, -0.2) is 31.0 Å². The number of para-hydroxylation sites is 1. The quantitative estimate of drug-likeness (QED) is 0.896. The number of nitrogens with one attached hydrogen (secondary N) is 1. The summed E-state index contributed by atoms with van der Waals surface area (Å²) in [6.45, 7) is 4.06. The summed E-state index contributed by atoms with van der Waals surface area (Å²) < 4.78 is 5.64. The molecule has 0 saturated heterocycles. The van der Waals surface area contributed by atoms with Crippen LogP contribution in [0, 0.1) is 0 Å². The highest BCUT2D eigenvalue weighted by molar-refractivity contribution is 5.95. The average molecular weight is 347 g/mol. The first-order valence-electron chi connectivity index (χ1n) is 8.02. The molecule has 0 atom stereocenters. The number of hydrogen-bond acceptors (Lipinski definition) is 3. The van der Waals surface area contributed by atoms with Crippen LogP contribution in [0.1, 0.15) is 28.4 Å². The number of hydrogen-bond donors (Lipinski definition) is 1. The predicted molar refractivity (Wildman–Crippen MR) is 99.3 cm³/mol. The van der Waals surface area contributed by atoms with Crippen molar-refractivity contribution >= 4 is 24.0 Å². The van der Waals surface area contributed by atoms with E-state index in [-0.39, 0.29) is 18.3 Å². The highest BCUT2D eigenvalue weighted by Gasteiger charge is 2.17. The Bertz CT molecular complexity index is 718. The van der Waals surface area contributed by atoms with Gasteiger partial charge in [-0.2, -0.15) is 0 Å². The van der Waals surface area contributed by atoms with Crippen LogP contribution in [0.2, 0.25) is 0 Å². The maximum atomic E-state index is 12.7. The minimum absolute atomic E-state index is 0. The Hall–Kier alpha value is -2.20. The third-order valence-electron chi connectivity index (χ3n) is 4.09. The fourth-order valence-electron chi connectivity index (χ4n) is 2.92. The van der Waals surface area contributed by atoms with Gasteiger partial charge in [0.15, 0.2) is 0 Å². The molecule has 0 aromatic heterocycles. The van der Waals surface area contributed by atoms with E-state index in [0.29, 0.717) is 13.2 Å². The number of nitrogens with zero attached hydrogens (tertiary/aromatic N) is 1. The van der Waals surface area contributed by atoms with Crippen molar-refractivity contribution in [2.45, 2.75) is 19.9 Å². The SMILES string of the molecule is CCOc1ccccc1CN(C)C(=O)c1ccc2c(c1)CCN2.Cl. The molecule has 0 spiro atoms. The average Bonchev–Trinajstić information content (AvgIpc) is 3.03. The van der Waals surface area contributed by atoms with Gasteiger partial charge in [-0.05, 0) is 43.2 Å². The Balaban J connectivity index is 0.00000208. The van der Waals surface area contributed by atoms with Crippen molar-refractivity contribution < 1.29 is 9.53 Å². The lowest BCUT2D eigenvalue weighted by Crippen LogP contribution is -2.26. The molecule has 5 heteroatoms. The van der Waals surface area contributed by atoms with Gasteiger partial charge in [0, 0.05) is 37.0 Å². The molecule has 0 saturated carbocycles. The number of rotatable bonds is 5. The lowest BCUT2D eigenvalue weighted by molar-refractivity contribution is 0.0784. The van der Waals surface area contributed by atoms with Crippen molar-refractivity contribution in [1.82, 2.24) is 4.90 Å². The normalized spacial score (nSPS) is 11.9. The van der Waals surface area contributed by atoms with Gasteiger partial charge in [-0.15, -0.1) is 12.4 Å². The van der Waals surface area contributed by atoms with Gasteiger partial charge in [-0.25, -0.2) is 0 Å². The molecule has 3 rings (SSSR count). The van der Waals surface area contributed by atoms with Gasteiger partial charge in [0.05, 0.1) is 6.61 Å². The number of carbonyl (C=O) groups is 1. The van der Waals surface area contributed by atoms with Crippen LogP contribution in [-0.2, 0) is 13.0 Å². The molecule has 0 unspecified atom stereocenters. The molecule has 1 heterocycles. The van der Waals surface area contributed by atoms with Crippen LogP contribution in [0.25, 0.3) is 0 Å². The molecule has 0 radical (unpaired) electrons. The number of carbonyl (C=O) groups excluding carboxylic acids is 1. The maximum absolute atomic E-state index is 12.7. The molecule has 1 aliphatic heterocycles. The zero-order valence-electron chi connectivity index (χ0n) is 14.0. The summed E-state index contributed by atoms with van der Waals surface area (Å²) in [5.41, 5.74) is 4.13. The lowest BCUT2D eigenvalue weighted by atomic mass is 10.1. The van der Waals surface area contributed by atoms with E-state index in [1.54, 1.807) is 4.90 Å². The number of halogens is 1. The largest absolute Gasteiger partial charge is 0.494 e. The number of anilines is 1. The Morgan fingerprint density at radius 3 is 2.83 bits per heavy atom. The van der Waals surface area contributed by atoms with Gasteiger partial charge in [0.1, 0.15) is 5.75 Å². The smallest absolute Gasteiger partial charge is 0.253 e. The van der Waals surface area contributed by atoms with Crippen molar-refractivity contribution in [3.63, 3.8) is 0 Å². The minimum Gasteiger partial charge on any atom is -0.494 e. The van der Waals surface area contributed by atoms with Crippen molar-refractivity contribution in [1.29, 1.82) is 0 Å². The molecular weight excluding hydrogens is 324 g/mol. The Kier molecular flexibility index (Phi) is 6.10. The number of benzene rings is 2. The first kappa shape index (κ1) is 18.1. The van der Waals surface area contributed by atoms with Crippen molar-refractivity contribution in [3.8, 4) is 5.75 Å². The van der Waals surface area contributed by atoms with Gasteiger partial charge in [0.25, 0.3) is 5.91 Å². The summed E-state index contributed by atoms with van der Waals surface area (Å²) in [5.74, 6) is 0.874. The van der Waals surface area contributed by atoms with E-state index in [2.05, 4.69) is 5.32 Å². The predicted octanol–water partition coefficient (Wildman–Crippen LogP) is 3.75. The van der Waals surface area contributed by atoms with Gasteiger partial charge < -0.3 is 15.0 Å². The van der Waals surface area contributed by atoms with Crippen LogP contribution in [0.5, 0.6) is 5.75 Å². The van der Waals surface area contributed by atoms with Crippen molar-refractivity contribution in [2.75, 3.05) is 25.5 Å². The second-order valence-electron chi connectivity index (χ2n) is 5.75. The molecular formula is C19H23ClN2O2. The monoisotopic (exact) mass is 346 g/mol. The van der Waals surface area contributed by atoms with Gasteiger partial charge in [-0.1, -0.05) is 18.2 Å². The van der Waals surface area contributed by atoms with E-state index in [1.165, 1.54) is 5.56 Å². The topological polar surface area (TPSA) is 41.6 Å². The second-order valence-corrected chi connectivity index (χ2v) is 5.75. The lowest BCUT2D eigenvalue weighted by Gasteiger charge is -2.19. The van der Waals surface area contributed by atoms with E-state index in [0.717, 1.165) is 35.5 Å². The van der Waals surface area contributed by atoms with Crippen LogP contribution in [0.3, 0.4) is 0 Å². The van der Waals surface area contributed by atoms with Gasteiger partial charge in [-0.3, -0.25) is 4.79 Å². The van der Waals surface area contributed by atoms with Crippen LogP contribution < -0.4 is 10.1 Å². The molecule has 0 aliphatic carbocycles. The summed E-state index contributed by atoms with van der Waals surface area (Å²) in [6, 6.07) is 13.8. The molecule has 1 N–H and O–H groups in total. The maximum Gasteiger partial charge on any atom is 0.253 e. The van der Waals surface area contributed by atoms with Crippen molar-refractivity contribution in [2.24, 2.45) is 0 Å². The number of fused-ring (bicyclic) bond motifs is 1. The molecule has 2 aromatic carbocycles. The van der Waals surface area contributed by atoms with Crippen molar-refractivity contribution in [3.05, 3.63) is 59.2 Å². The standard InChI is InChI=1S/C19H22N2O2.ClH/c1-3-23-18-7-5-4-6-16(18)13-21(2)19(22)15-8-9-17-14(12-15)10-11-20-17;/h4-9,12,20H,3,10-11,13H2,1-2H3;1H. The molecule has 0 bridgehead atoms. The summed E-state index contributed by atoms with van der Waals surface area (Å²) in [5, 5.41) is 3.32. The van der Waals surface area contributed by atoms with E-state index in [1.807, 2.05) is 56.4 Å². The zero-order valence-corrected chi connectivity index (χ0v) is 14.9. The molecule has 2 aromatic rings. The summed E-state index contributed by atoms with van der Waals surface area (Å²) in [7, 11) is 1.83. The molecule has 4 nitrogen and oxygen atoms in total. The fourth-order valence-corrected chi connectivity index (χ4v) is 2.92. The summed E-state index contributed by atoms with van der Waals surface area (Å²) in [6.07, 6.45) is 0.980. The number of ether oxygens (including phenoxy) is 1.